The molecule has 1 aromatic heterocycles. The fourth-order valence-corrected chi connectivity index (χ4v) is 4.24. The molecule has 2 aromatic rings. The summed E-state index contributed by atoms with van der Waals surface area (Å²) in [5, 5.41) is 3.06. The molecule has 1 amide bonds. The van der Waals surface area contributed by atoms with Gasteiger partial charge in [-0.3, -0.25) is 0 Å². The maximum Gasteiger partial charge on any atom is 0.408 e. The molecule has 5 nitrogen and oxygen atoms in total. The van der Waals surface area contributed by atoms with Gasteiger partial charge in [0.25, 0.3) is 0 Å². The molecule has 0 saturated heterocycles. The van der Waals surface area contributed by atoms with Gasteiger partial charge in [-0.1, -0.05) is 34.8 Å². The second kappa shape index (κ2) is 7.54. The number of halogens is 1. The molecule has 0 unspecified atom stereocenters. The van der Waals surface area contributed by atoms with Gasteiger partial charge in [-0.2, -0.15) is 0 Å². The van der Waals surface area contributed by atoms with Gasteiger partial charge >= 0.3 is 6.09 Å². The Labute approximate surface area is 174 Å². The van der Waals surface area contributed by atoms with Gasteiger partial charge in [0.15, 0.2) is 0 Å². The van der Waals surface area contributed by atoms with E-state index in [0.29, 0.717) is 5.92 Å². The van der Waals surface area contributed by atoms with Crippen molar-refractivity contribution in [2.45, 2.75) is 70.9 Å². The number of benzene rings is 1. The predicted octanol–water partition coefficient (Wildman–Crippen LogP) is 5.69. The van der Waals surface area contributed by atoms with Crippen molar-refractivity contribution < 1.29 is 9.53 Å². The first-order valence-corrected chi connectivity index (χ1v) is 10.9. The average Bonchev–Trinajstić information content (AvgIpc) is 3.33. The summed E-state index contributed by atoms with van der Waals surface area (Å²) in [4.78, 5) is 20.9. The zero-order valence-corrected chi connectivity index (χ0v) is 18.4. The number of imidazole rings is 1. The van der Waals surface area contributed by atoms with Crippen molar-refractivity contribution in [1.82, 2.24) is 15.3 Å². The predicted molar refractivity (Wildman–Crippen MR) is 113 cm³/mol. The number of aromatic nitrogens is 2. The van der Waals surface area contributed by atoms with E-state index in [2.05, 4.69) is 44.4 Å². The number of carbonyl (C=O) groups is 1. The van der Waals surface area contributed by atoms with Crippen LogP contribution in [0.15, 0.2) is 22.7 Å². The zero-order chi connectivity index (χ0) is 19.9. The number of hydrogen-bond acceptors (Lipinski definition) is 3. The van der Waals surface area contributed by atoms with Crippen LogP contribution in [0.2, 0.25) is 0 Å². The van der Waals surface area contributed by atoms with Crippen molar-refractivity contribution in [1.29, 1.82) is 0 Å². The second-order valence-electron chi connectivity index (χ2n) is 8.98. The van der Waals surface area contributed by atoms with Gasteiger partial charge in [-0.25, -0.2) is 9.78 Å². The van der Waals surface area contributed by atoms with Crippen LogP contribution in [0.1, 0.15) is 69.6 Å². The van der Waals surface area contributed by atoms with Crippen molar-refractivity contribution in [3.63, 3.8) is 0 Å². The summed E-state index contributed by atoms with van der Waals surface area (Å²) in [5.74, 6) is 1.51. The molecule has 1 fully saturated rings. The van der Waals surface area contributed by atoms with E-state index in [9.17, 15) is 4.79 Å². The van der Waals surface area contributed by atoms with Crippen molar-refractivity contribution >= 4 is 22.0 Å². The third-order valence-electron chi connectivity index (χ3n) is 5.28. The third-order valence-corrected chi connectivity index (χ3v) is 5.77. The van der Waals surface area contributed by atoms with E-state index in [0.717, 1.165) is 41.7 Å². The van der Waals surface area contributed by atoms with Crippen LogP contribution < -0.4 is 5.32 Å². The average molecular weight is 446 g/mol. The van der Waals surface area contributed by atoms with Gasteiger partial charge in [0.1, 0.15) is 11.4 Å². The first-order valence-electron chi connectivity index (χ1n) is 10.2. The number of aromatic amines is 1. The number of hydrogen-bond donors (Lipinski definition) is 2. The Morgan fingerprint density at radius 3 is 2.86 bits per heavy atom. The minimum absolute atomic E-state index is 0.145. The summed E-state index contributed by atoms with van der Waals surface area (Å²) < 4.78 is 6.59. The molecule has 0 radical (unpaired) electrons. The Kier molecular flexibility index (Phi) is 5.25. The van der Waals surface area contributed by atoms with Crippen molar-refractivity contribution in [2.24, 2.45) is 5.92 Å². The topological polar surface area (TPSA) is 67.0 Å². The van der Waals surface area contributed by atoms with Crippen molar-refractivity contribution in [3.8, 4) is 11.3 Å². The van der Waals surface area contributed by atoms with E-state index in [4.69, 9.17) is 9.72 Å². The van der Waals surface area contributed by atoms with Crippen LogP contribution in [0.5, 0.6) is 0 Å². The van der Waals surface area contributed by atoms with Crippen LogP contribution in [0.4, 0.5) is 4.79 Å². The second-order valence-corrected chi connectivity index (χ2v) is 9.90. The standard InChI is InChI=1S/C22H28BrN3O2/c1-22(2,3)28-21(27)25-18(11-13-7-8-13)20-24-17-6-4-5-14-12-15(23)9-10-16(14)19(17)26-20/h9-10,12-13,18H,4-8,11H2,1-3H3,(H,24,26)(H,25,27)/t18-/m0/s1. The highest BCUT2D eigenvalue weighted by atomic mass is 79.9. The number of ether oxygens (including phenoxy) is 1. The fraction of sp³-hybridized carbons (Fsp3) is 0.545. The quantitative estimate of drug-likeness (QED) is 0.634. The molecule has 2 aliphatic rings. The molecule has 6 heteroatoms. The normalized spacial score (nSPS) is 17.3. The Balaban J connectivity index is 1.63. The first kappa shape index (κ1) is 19.5. The van der Waals surface area contributed by atoms with Crippen molar-refractivity contribution in [3.05, 3.63) is 39.8 Å². The molecule has 1 heterocycles. The van der Waals surface area contributed by atoms with Gasteiger partial charge < -0.3 is 15.0 Å². The molecule has 1 saturated carbocycles. The summed E-state index contributed by atoms with van der Waals surface area (Å²) in [6.07, 6.45) is 6.08. The van der Waals surface area contributed by atoms with Gasteiger partial charge in [-0.05, 0) is 70.1 Å². The number of aryl methyl sites for hydroxylation is 2. The van der Waals surface area contributed by atoms with E-state index in [1.165, 1.54) is 29.7 Å². The number of fused-ring (bicyclic) bond motifs is 3. The minimum atomic E-state index is -0.513. The summed E-state index contributed by atoms with van der Waals surface area (Å²) in [5.41, 5.74) is 4.20. The van der Waals surface area contributed by atoms with E-state index < -0.39 is 5.60 Å². The van der Waals surface area contributed by atoms with Crippen LogP contribution in [0.3, 0.4) is 0 Å². The summed E-state index contributed by atoms with van der Waals surface area (Å²) >= 11 is 3.58. The van der Waals surface area contributed by atoms with Gasteiger partial charge in [0, 0.05) is 15.7 Å². The highest BCUT2D eigenvalue weighted by Crippen LogP contribution is 2.39. The molecule has 150 valence electrons. The van der Waals surface area contributed by atoms with Crippen LogP contribution in [0, 0.1) is 5.92 Å². The van der Waals surface area contributed by atoms with Crippen LogP contribution in [-0.4, -0.2) is 21.7 Å². The lowest BCUT2D eigenvalue weighted by molar-refractivity contribution is 0.0497. The van der Waals surface area contributed by atoms with E-state index >= 15 is 0 Å². The third kappa shape index (κ3) is 4.59. The summed E-state index contributed by atoms with van der Waals surface area (Å²) in [6.45, 7) is 5.64. The molecular formula is C22H28BrN3O2. The van der Waals surface area contributed by atoms with Gasteiger partial charge in [-0.15, -0.1) is 0 Å². The smallest absolute Gasteiger partial charge is 0.408 e. The Hall–Kier alpha value is -1.82. The Bertz CT molecular complexity index is 880. The lowest BCUT2D eigenvalue weighted by Gasteiger charge is -2.23. The number of rotatable bonds is 4. The molecular weight excluding hydrogens is 418 g/mol. The van der Waals surface area contributed by atoms with Crippen LogP contribution in [-0.2, 0) is 17.6 Å². The molecule has 0 bridgehead atoms. The van der Waals surface area contributed by atoms with Crippen molar-refractivity contribution in [2.75, 3.05) is 0 Å². The lowest BCUT2D eigenvalue weighted by atomic mass is 10.0. The zero-order valence-electron chi connectivity index (χ0n) is 16.8. The molecule has 28 heavy (non-hydrogen) atoms. The SMILES string of the molecule is CC(C)(C)OC(=O)N[C@@H](CC1CC1)c1nc2c([nH]1)CCCc1cc(Br)ccc1-2. The number of amides is 1. The molecule has 2 aliphatic carbocycles. The molecule has 0 spiro atoms. The summed E-state index contributed by atoms with van der Waals surface area (Å²) in [6, 6.07) is 6.27. The molecule has 2 N–H and O–H groups in total. The number of nitrogens with one attached hydrogen (secondary N) is 2. The van der Waals surface area contributed by atoms with Crippen LogP contribution in [0.25, 0.3) is 11.3 Å². The van der Waals surface area contributed by atoms with Gasteiger partial charge in [0.05, 0.1) is 11.7 Å². The maximum absolute atomic E-state index is 12.4. The molecule has 1 atom stereocenters. The monoisotopic (exact) mass is 445 g/mol. The maximum atomic E-state index is 12.4. The van der Waals surface area contributed by atoms with E-state index in [1.807, 2.05) is 20.8 Å². The molecule has 0 aliphatic heterocycles. The number of H-pyrrole nitrogens is 1. The minimum Gasteiger partial charge on any atom is -0.444 e. The largest absolute Gasteiger partial charge is 0.444 e. The van der Waals surface area contributed by atoms with E-state index in [1.54, 1.807) is 0 Å². The fourth-order valence-electron chi connectivity index (χ4n) is 3.83. The molecule has 1 aromatic carbocycles. The number of nitrogens with zero attached hydrogens (tertiary/aromatic N) is 1. The highest BCUT2D eigenvalue weighted by molar-refractivity contribution is 9.10. The lowest BCUT2D eigenvalue weighted by Crippen LogP contribution is -2.35. The van der Waals surface area contributed by atoms with Crippen LogP contribution >= 0.6 is 15.9 Å². The molecule has 4 rings (SSSR count). The summed E-state index contributed by atoms with van der Waals surface area (Å²) in [7, 11) is 0. The Morgan fingerprint density at radius 2 is 2.14 bits per heavy atom. The Morgan fingerprint density at radius 1 is 1.36 bits per heavy atom. The highest BCUT2D eigenvalue weighted by Gasteiger charge is 2.31. The number of carbonyl (C=O) groups excluding carboxylic acids is 1. The number of alkyl carbamates (subject to hydrolysis) is 1. The van der Waals surface area contributed by atoms with E-state index in [-0.39, 0.29) is 12.1 Å². The first-order chi connectivity index (χ1) is 13.3. The van der Waals surface area contributed by atoms with Gasteiger partial charge in [0.2, 0.25) is 0 Å².